The molecule has 1 aromatic carbocycles. The Hall–Kier alpha value is -2.70. The smallest absolute Gasteiger partial charge is 0.251 e. The lowest BCUT2D eigenvalue weighted by Gasteiger charge is -2.40. The number of nitrogens with one attached hydrogen (secondary N) is 4. The summed E-state index contributed by atoms with van der Waals surface area (Å²) >= 11 is 0. The molecule has 1 amide bonds. The number of aliphatic hydroxyl groups excluding tert-OH is 1. The predicted octanol–water partition coefficient (Wildman–Crippen LogP) is 0.597. The van der Waals surface area contributed by atoms with Crippen molar-refractivity contribution in [2.24, 2.45) is 10.7 Å². The van der Waals surface area contributed by atoms with Gasteiger partial charge in [0.2, 0.25) is 6.35 Å². The molecule has 0 spiro atoms. The molecule has 0 aromatic heterocycles. The molecule has 208 valence electrons. The molecule has 3 aliphatic heterocycles. The van der Waals surface area contributed by atoms with Crippen molar-refractivity contribution in [1.29, 1.82) is 0 Å². The largest absolute Gasteiger partial charge is 0.450 e. The van der Waals surface area contributed by atoms with Crippen molar-refractivity contribution in [2.45, 2.75) is 57.0 Å². The van der Waals surface area contributed by atoms with Crippen LogP contribution >= 0.6 is 0 Å². The van der Waals surface area contributed by atoms with Crippen LogP contribution in [0.2, 0.25) is 0 Å². The number of carbonyl (C=O) groups is 1. The SMILES string of the molecule is NCCCNC1CCC(N2C=C3Oc4ccc(C(=O)NCCCN5CCNCC5)cc4NC3=NC2O)CC1. The zero-order valence-electron chi connectivity index (χ0n) is 22.1. The summed E-state index contributed by atoms with van der Waals surface area (Å²) in [5.41, 5.74) is 6.82. The van der Waals surface area contributed by atoms with E-state index in [9.17, 15) is 9.90 Å². The zero-order chi connectivity index (χ0) is 26.3. The molecule has 1 saturated carbocycles. The van der Waals surface area contributed by atoms with Crippen molar-refractivity contribution in [1.82, 2.24) is 25.8 Å². The lowest BCUT2D eigenvalue weighted by atomic mass is 9.90. The van der Waals surface area contributed by atoms with Crippen LogP contribution in [-0.4, -0.2) is 97.4 Å². The molecule has 5 rings (SSSR count). The van der Waals surface area contributed by atoms with Crippen LogP contribution in [0.25, 0.3) is 0 Å². The molecule has 38 heavy (non-hydrogen) atoms. The van der Waals surface area contributed by atoms with E-state index in [0.29, 0.717) is 47.7 Å². The van der Waals surface area contributed by atoms with E-state index in [2.05, 4.69) is 31.2 Å². The standard InChI is InChI=1S/C27H42N8O3/c28-9-1-10-30-20-4-6-21(7-5-20)35-18-24-25(33-27(35)37)32-22-17-19(3-8-23(22)38-24)26(36)31-11-2-14-34-15-12-29-13-16-34/h3,8,17-18,20-21,27,29-30,37H,1-2,4-7,9-16,28H2,(H,31,36)(H,32,33). The monoisotopic (exact) mass is 526 g/mol. The summed E-state index contributed by atoms with van der Waals surface area (Å²) in [4.78, 5) is 21.5. The second-order valence-corrected chi connectivity index (χ2v) is 10.5. The van der Waals surface area contributed by atoms with Gasteiger partial charge in [0, 0.05) is 50.4 Å². The summed E-state index contributed by atoms with van der Waals surface area (Å²) < 4.78 is 6.14. The number of aliphatic hydroxyl groups is 1. The maximum absolute atomic E-state index is 12.7. The van der Waals surface area contributed by atoms with E-state index in [4.69, 9.17) is 10.5 Å². The van der Waals surface area contributed by atoms with Crippen LogP contribution in [0.1, 0.15) is 48.9 Å². The molecule has 1 unspecified atom stereocenters. The lowest BCUT2D eigenvalue weighted by molar-refractivity contribution is 0.000393. The van der Waals surface area contributed by atoms with E-state index in [0.717, 1.165) is 77.8 Å². The summed E-state index contributed by atoms with van der Waals surface area (Å²) in [6.45, 7) is 7.47. The van der Waals surface area contributed by atoms with Crippen LogP contribution in [0.5, 0.6) is 5.75 Å². The molecule has 4 aliphatic rings. The van der Waals surface area contributed by atoms with Gasteiger partial charge in [-0.1, -0.05) is 0 Å². The van der Waals surface area contributed by atoms with E-state index >= 15 is 0 Å². The average molecular weight is 527 g/mol. The molecule has 1 saturated heterocycles. The van der Waals surface area contributed by atoms with Crippen molar-refractivity contribution < 1.29 is 14.6 Å². The van der Waals surface area contributed by atoms with Gasteiger partial charge < -0.3 is 46.6 Å². The summed E-state index contributed by atoms with van der Waals surface area (Å²) in [5, 5.41) is 24.0. The molecular weight excluding hydrogens is 484 g/mol. The van der Waals surface area contributed by atoms with Gasteiger partial charge in [-0.15, -0.1) is 0 Å². The van der Waals surface area contributed by atoms with Gasteiger partial charge in [0.1, 0.15) is 0 Å². The molecule has 0 radical (unpaired) electrons. The van der Waals surface area contributed by atoms with Gasteiger partial charge in [0.05, 0.1) is 11.9 Å². The van der Waals surface area contributed by atoms with Gasteiger partial charge in [-0.3, -0.25) is 4.79 Å². The summed E-state index contributed by atoms with van der Waals surface area (Å²) in [6, 6.07) is 6.08. The van der Waals surface area contributed by atoms with Crippen molar-refractivity contribution >= 4 is 17.4 Å². The molecule has 0 bridgehead atoms. The first kappa shape index (κ1) is 26.9. The fraction of sp³-hybridized carbons (Fsp3) is 0.630. The Morgan fingerprint density at radius 1 is 1.16 bits per heavy atom. The molecular formula is C27H42N8O3. The number of anilines is 1. The predicted molar refractivity (Wildman–Crippen MR) is 148 cm³/mol. The maximum Gasteiger partial charge on any atom is 0.251 e. The fourth-order valence-electron chi connectivity index (χ4n) is 5.60. The number of benzene rings is 1. The number of nitrogens with zero attached hydrogens (tertiary/aromatic N) is 3. The second kappa shape index (κ2) is 12.9. The van der Waals surface area contributed by atoms with Crippen LogP contribution in [0, 0.1) is 0 Å². The Balaban J connectivity index is 1.14. The van der Waals surface area contributed by atoms with Gasteiger partial charge in [-0.05, 0) is 76.4 Å². The van der Waals surface area contributed by atoms with Crippen molar-refractivity contribution in [3.63, 3.8) is 0 Å². The molecule has 11 heteroatoms. The number of aliphatic imine (C=N–C) groups is 1. The number of hydrogen-bond acceptors (Lipinski definition) is 10. The van der Waals surface area contributed by atoms with Crippen molar-refractivity contribution in [2.75, 3.05) is 57.7 Å². The van der Waals surface area contributed by atoms with E-state index in [1.54, 1.807) is 12.1 Å². The van der Waals surface area contributed by atoms with Gasteiger partial charge in [-0.2, -0.15) is 0 Å². The van der Waals surface area contributed by atoms with E-state index in [1.807, 2.05) is 17.2 Å². The molecule has 1 aromatic rings. The number of fused-ring (bicyclic) bond motifs is 2. The Kier molecular flexibility index (Phi) is 9.13. The topological polar surface area (TPSA) is 140 Å². The number of amidine groups is 1. The third-order valence-electron chi connectivity index (χ3n) is 7.80. The van der Waals surface area contributed by atoms with E-state index in [1.165, 1.54) is 0 Å². The number of ether oxygens (including phenoxy) is 1. The van der Waals surface area contributed by atoms with Gasteiger partial charge in [0.15, 0.2) is 17.3 Å². The van der Waals surface area contributed by atoms with Crippen molar-refractivity contribution in [3.05, 3.63) is 35.7 Å². The molecule has 3 heterocycles. The minimum Gasteiger partial charge on any atom is -0.450 e. The van der Waals surface area contributed by atoms with Gasteiger partial charge in [-0.25, -0.2) is 4.99 Å². The van der Waals surface area contributed by atoms with E-state index in [-0.39, 0.29) is 11.9 Å². The number of amides is 1. The third-order valence-corrected chi connectivity index (χ3v) is 7.80. The highest BCUT2D eigenvalue weighted by Gasteiger charge is 2.33. The highest BCUT2D eigenvalue weighted by atomic mass is 16.5. The lowest BCUT2D eigenvalue weighted by Crippen LogP contribution is -2.47. The zero-order valence-corrected chi connectivity index (χ0v) is 22.1. The Bertz CT molecular complexity index is 1020. The fourth-order valence-corrected chi connectivity index (χ4v) is 5.60. The summed E-state index contributed by atoms with van der Waals surface area (Å²) in [6.07, 6.45) is 6.87. The van der Waals surface area contributed by atoms with E-state index < -0.39 is 6.35 Å². The second-order valence-electron chi connectivity index (χ2n) is 10.5. The first-order valence-electron chi connectivity index (χ1n) is 14.1. The van der Waals surface area contributed by atoms with Crippen LogP contribution in [0.3, 0.4) is 0 Å². The third kappa shape index (κ3) is 6.65. The first-order chi connectivity index (χ1) is 18.6. The Morgan fingerprint density at radius 3 is 2.76 bits per heavy atom. The highest BCUT2D eigenvalue weighted by Crippen LogP contribution is 2.35. The van der Waals surface area contributed by atoms with Crippen LogP contribution < -0.4 is 31.7 Å². The summed E-state index contributed by atoms with van der Waals surface area (Å²) in [7, 11) is 0. The quantitative estimate of drug-likeness (QED) is 0.242. The summed E-state index contributed by atoms with van der Waals surface area (Å²) in [5.74, 6) is 1.58. The minimum absolute atomic E-state index is 0.110. The van der Waals surface area contributed by atoms with Crippen LogP contribution in [0.4, 0.5) is 5.69 Å². The molecule has 11 nitrogen and oxygen atoms in total. The maximum atomic E-state index is 12.7. The highest BCUT2D eigenvalue weighted by molar-refractivity contribution is 6.10. The van der Waals surface area contributed by atoms with Crippen molar-refractivity contribution in [3.8, 4) is 5.75 Å². The van der Waals surface area contributed by atoms with Gasteiger partial charge in [0.25, 0.3) is 5.91 Å². The molecule has 1 atom stereocenters. The number of carbonyl (C=O) groups excluding carboxylic acids is 1. The molecule has 7 N–H and O–H groups in total. The van der Waals surface area contributed by atoms with Crippen LogP contribution in [0.15, 0.2) is 35.2 Å². The van der Waals surface area contributed by atoms with Crippen LogP contribution in [-0.2, 0) is 0 Å². The average Bonchev–Trinajstić information content (AvgIpc) is 2.95. The van der Waals surface area contributed by atoms with Gasteiger partial charge >= 0.3 is 0 Å². The number of rotatable bonds is 10. The number of hydrogen-bond donors (Lipinski definition) is 6. The number of nitrogens with two attached hydrogens (primary N) is 1. The number of piperazine rings is 1. The Morgan fingerprint density at radius 2 is 1.97 bits per heavy atom. The normalized spacial score (nSPS) is 25.3. The Labute approximate surface area is 224 Å². The first-order valence-corrected chi connectivity index (χ1v) is 14.1. The molecule has 2 fully saturated rings. The minimum atomic E-state index is -0.972. The molecule has 1 aliphatic carbocycles.